The Morgan fingerprint density at radius 3 is 2.51 bits per heavy atom. The molecule has 2 aliphatic rings. The van der Waals surface area contributed by atoms with Crippen molar-refractivity contribution in [2.24, 2.45) is 5.92 Å². The summed E-state index contributed by atoms with van der Waals surface area (Å²) < 4.78 is 21.2. The van der Waals surface area contributed by atoms with Gasteiger partial charge in [-0.3, -0.25) is 9.59 Å². The van der Waals surface area contributed by atoms with Crippen LogP contribution < -0.4 is 5.32 Å². The van der Waals surface area contributed by atoms with Crippen molar-refractivity contribution in [3.8, 4) is 0 Å². The number of carbonyl (C=O) groups excluding carboxylic acids is 2. The quantitative estimate of drug-likeness (QED) is 0.604. The number of benzene rings is 2. The van der Waals surface area contributed by atoms with Gasteiger partial charge in [0.05, 0.1) is 31.2 Å². The minimum atomic E-state index is -0.300. The maximum Gasteiger partial charge on any atom is 0.274 e. The highest BCUT2D eigenvalue weighted by Gasteiger charge is 2.32. The standard InChI is InChI=1S/C27H29FN4O3/c1-18(19-7-9-22(28)10-8-19)30-26(33)21-11-13-31(14-12-21)27(34)25-23-16-35-24(15-32(23)17-29-25)20-5-3-2-4-6-20/h2-10,17-18,21,24H,11-16H2,1H3,(H,30,33). The number of fused-ring (bicyclic) bond motifs is 1. The van der Waals surface area contributed by atoms with Crippen molar-refractivity contribution in [3.05, 3.63) is 89.3 Å². The van der Waals surface area contributed by atoms with Gasteiger partial charge in [0.1, 0.15) is 11.9 Å². The first-order valence-electron chi connectivity index (χ1n) is 12.0. The van der Waals surface area contributed by atoms with Gasteiger partial charge in [-0.25, -0.2) is 9.37 Å². The topological polar surface area (TPSA) is 76.5 Å². The molecule has 2 amide bonds. The van der Waals surface area contributed by atoms with E-state index in [4.69, 9.17) is 4.74 Å². The summed E-state index contributed by atoms with van der Waals surface area (Å²) in [7, 11) is 0. The number of likely N-dealkylation sites (tertiary alicyclic amines) is 1. The van der Waals surface area contributed by atoms with E-state index in [-0.39, 0.29) is 35.7 Å². The molecule has 0 bridgehead atoms. The number of ether oxygens (including phenoxy) is 1. The van der Waals surface area contributed by atoms with Crippen LogP contribution in [0.4, 0.5) is 4.39 Å². The van der Waals surface area contributed by atoms with E-state index in [0.29, 0.717) is 44.8 Å². The average Bonchev–Trinajstić information content (AvgIpc) is 3.32. The minimum absolute atomic E-state index is 0.0337. The van der Waals surface area contributed by atoms with Crippen molar-refractivity contribution in [2.45, 2.75) is 45.1 Å². The summed E-state index contributed by atoms with van der Waals surface area (Å²) in [4.78, 5) is 32.2. The summed E-state index contributed by atoms with van der Waals surface area (Å²) >= 11 is 0. The van der Waals surface area contributed by atoms with E-state index in [1.165, 1.54) is 12.1 Å². The molecular formula is C27H29FN4O3. The largest absolute Gasteiger partial charge is 0.365 e. The molecule has 2 aromatic carbocycles. The van der Waals surface area contributed by atoms with E-state index in [2.05, 4.69) is 10.3 Å². The van der Waals surface area contributed by atoms with E-state index < -0.39 is 0 Å². The predicted molar refractivity (Wildman–Crippen MR) is 128 cm³/mol. The van der Waals surface area contributed by atoms with Crippen molar-refractivity contribution in [3.63, 3.8) is 0 Å². The second kappa shape index (κ2) is 10.00. The number of rotatable bonds is 5. The number of hydrogen-bond acceptors (Lipinski definition) is 4. The highest BCUT2D eigenvalue weighted by molar-refractivity contribution is 5.93. The Morgan fingerprint density at radius 1 is 1.09 bits per heavy atom. The monoisotopic (exact) mass is 476 g/mol. The Balaban J connectivity index is 1.16. The number of nitrogens with zero attached hydrogens (tertiary/aromatic N) is 3. The summed E-state index contributed by atoms with van der Waals surface area (Å²) in [5.41, 5.74) is 3.20. The number of amides is 2. The lowest BCUT2D eigenvalue weighted by molar-refractivity contribution is -0.127. The Hall–Kier alpha value is -3.52. The van der Waals surface area contributed by atoms with Crippen molar-refractivity contribution in [2.75, 3.05) is 13.1 Å². The molecular weight excluding hydrogens is 447 g/mol. The van der Waals surface area contributed by atoms with Crippen LogP contribution in [0.25, 0.3) is 0 Å². The van der Waals surface area contributed by atoms with E-state index in [0.717, 1.165) is 16.8 Å². The van der Waals surface area contributed by atoms with Crippen LogP contribution in [0.2, 0.25) is 0 Å². The number of halogens is 1. The summed E-state index contributed by atoms with van der Waals surface area (Å²) in [6.45, 7) is 3.84. The lowest BCUT2D eigenvalue weighted by Gasteiger charge is -2.32. The maximum absolute atomic E-state index is 13.2. The normalized spacial score (nSPS) is 19.1. The van der Waals surface area contributed by atoms with Crippen molar-refractivity contribution >= 4 is 11.8 Å². The SMILES string of the molecule is CC(NC(=O)C1CCN(C(=O)c2ncn3c2COC(c2ccccc2)C3)CC1)c1ccc(F)cc1. The third kappa shape index (κ3) is 4.98. The fourth-order valence-electron chi connectivity index (χ4n) is 4.84. The van der Waals surface area contributed by atoms with Crippen molar-refractivity contribution < 1.29 is 18.7 Å². The first-order valence-corrected chi connectivity index (χ1v) is 12.0. The third-order valence-corrected chi connectivity index (χ3v) is 6.99. The molecule has 2 aliphatic heterocycles. The zero-order chi connectivity index (χ0) is 24.4. The molecule has 1 fully saturated rings. The summed E-state index contributed by atoms with van der Waals surface area (Å²) in [5.74, 6) is -0.605. The molecule has 8 heteroatoms. The molecule has 1 aromatic heterocycles. The van der Waals surface area contributed by atoms with Gasteiger partial charge in [-0.15, -0.1) is 0 Å². The molecule has 0 spiro atoms. The molecule has 7 nitrogen and oxygen atoms in total. The van der Waals surface area contributed by atoms with Crippen LogP contribution in [-0.4, -0.2) is 39.4 Å². The number of imidazole rings is 1. The summed E-state index contributed by atoms with van der Waals surface area (Å²) in [6.07, 6.45) is 2.84. The van der Waals surface area contributed by atoms with E-state index in [9.17, 15) is 14.0 Å². The van der Waals surface area contributed by atoms with Crippen molar-refractivity contribution in [1.82, 2.24) is 19.8 Å². The first kappa shape index (κ1) is 23.2. The molecule has 5 rings (SSSR count). The van der Waals surface area contributed by atoms with Crippen LogP contribution in [0.3, 0.4) is 0 Å². The molecule has 0 radical (unpaired) electrons. The second-order valence-corrected chi connectivity index (χ2v) is 9.25. The van der Waals surface area contributed by atoms with Gasteiger partial charge in [-0.05, 0) is 43.0 Å². The van der Waals surface area contributed by atoms with Crippen molar-refractivity contribution in [1.29, 1.82) is 0 Å². The number of nitrogens with one attached hydrogen (secondary N) is 1. The van der Waals surface area contributed by atoms with E-state index in [1.807, 2.05) is 41.8 Å². The summed E-state index contributed by atoms with van der Waals surface area (Å²) in [6, 6.07) is 16.0. The Morgan fingerprint density at radius 2 is 1.80 bits per heavy atom. The second-order valence-electron chi connectivity index (χ2n) is 9.25. The molecule has 1 N–H and O–H groups in total. The molecule has 2 unspecified atom stereocenters. The van der Waals surface area contributed by atoms with Gasteiger partial charge in [-0.1, -0.05) is 42.5 Å². The zero-order valence-corrected chi connectivity index (χ0v) is 19.7. The van der Waals surface area contributed by atoms with Crippen LogP contribution in [0, 0.1) is 11.7 Å². The average molecular weight is 477 g/mol. The number of carbonyl (C=O) groups is 2. The molecule has 182 valence electrons. The number of piperidine rings is 1. The molecule has 3 aromatic rings. The highest BCUT2D eigenvalue weighted by atomic mass is 19.1. The molecule has 1 saturated heterocycles. The number of aromatic nitrogens is 2. The lowest BCUT2D eigenvalue weighted by atomic mass is 9.95. The van der Waals surface area contributed by atoms with Gasteiger partial charge in [0, 0.05) is 19.0 Å². The van der Waals surface area contributed by atoms with Gasteiger partial charge in [0.25, 0.3) is 5.91 Å². The Kier molecular flexibility index (Phi) is 6.63. The first-order chi connectivity index (χ1) is 17.0. The van der Waals surface area contributed by atoms with Crippen LogP contribution in [0.5, 0.6) is 0 Å². The van der Waals surface area contributed by atoms with Crippen LogP contribution in [-0.2, 0) is 22.7 Å². The highest BCUT2D eigenvalue weighted by Crippen LogP contribution is 2.29. The van der Waals surface area contributed by atoms with Crippen LogP contribution >= 0.6 is 0 Å². The smallest absolute Gasteiger partial charge is 0.274 e. The van der Waals surface area contributed by atoms with Gasteiger partial charge in [0.15, 0.2) is 5.69 Å². The Bertz CT molecular complexity index is 1190. The van der Waals surface area contributed by atoms with Gasteiger partial charge in [-0.2, -0.15) is 0 Å². The molecule has 0 aliphatic carbocycles. The van der Waals surface area contributed by atoms with Gasteiger partial charge >= 0.3 is 0 Å². The van der Waals surface area contributed by atoms with Gasteiger partial charge in [0.2, 0.25) is 5.91 Å². The predicted octanol–water partition coefficient (Wildman–Crippen LogP) is 4.02. The Labute approximate surface area is 203 Å². The van der Waals surface area contributed by atoms with E-state index >= 15 is 0 Å². The fraction of sp³-hybridized carbons (Fsp3) is 0.370. The molecule has 3 heterocycles. The molecule has 0 saturated carbocycles. The van der Waals surface area contributed by atoms with Gasteiger partial charge < -0.3 is 19.5 Å². The van der Waals surface area contributed by atoms with Crippen LogP contribution in [0.15, 0.2) is 60.9 Å². The number of hydrogen-bond donors (Lipinski definition) is 1. The fourth-order valence-corrected chi connectivity index (χ4v) is 4.84. The molecule has 2 atom stereocenters. The van der Waals surface area contributed by atoms with Crippen LogP contribution in [0.1, 0.15) is 59.2 Å². The van der Waals surface area contributed by atoms with E-state index in [1.54, 1.807) is 23.4 Å². The molecule has 35 heavy (non-hydrogen) atoms. The third-order valence-electron chi connectivity index (χ3n) is 6.99. The minimum Gasteiger partial charge on any atom is -0.365 e. The maximum atomic E-state index is 13.2. The summed E-state index contributed by atoms with van der Waals surface area (Å²) in [5, 5.41) is 3.02. The lowest BCUT2D eigenvalue weighted by Crippen LogP contribution is -2.43. The zero-order valence-electron chi connectivity index (χ0n) is 19.7.